The van der Waals surface area contributed by atoms with Crippen LogP contribution < -0.4 is 22.5 Å². The molecule has 4 aromatic heterocycles. The highest BCUT2D eigenvalue weighted by molar-refractivity contribution is 7.90. The van der Waals surface area contributed by atoms with Crippen molar-refractivity contribution in [3.63, 3.8) is 0 Å². The van der Waals surface area contributed by atoms with Crippen molar-refractivity contribution in [2.75, 3.05) is 6.26 Å². The summed E-state index contributed by atoms with van der Waals surface area (Å²) in [5, 5.41) is 9.80. The number of hydrogen-bond donors (Lipinski definition) is 1. The monoisotopic (exact) mass is 930 g/mol. The molecule has 12 nitrogen and oxygen atoms in total. The first-order valence-electron chi connectivity index (χ1n) is 19.5. The second-order valence-electron chi connectivity index (χ2n) is 14.8. The maximum atomic E-state index is 13.0. The molecule has 17 heteroatoms. The van der Waals surface area contributed by atoms with Gasteiger partial charge in [-0.15, -0.1) is 22.7 Å². The molecular formula is C48H36F2N4O8S3. The molecule has 0 atom stereocenters. The average Bonchev–Trinajstić information content (AvgIpc) is 3.92. The molecule has 328 valence electrons. The molecule has 8 aromatic rings. The lowest BCUT2D eigenvalue weighted by Gasteiger charge is -2.09. The summed E-state index contributed by atoms with van der Waals surface area (Å²) in [4.78, 5) is 65.2. The number of carboxylic acids is 1. The van der Waals surface area contributed by atoms with E-state index in [9.17, 15) is 41.2 Å². The summed E-state index contributed by atoms with van der Waals surface area (Å²) in [5.74, 6) is 10.4. The Bertz CT molecular complexity index is 3620. The van der Waals surface area contributed by atoms with E-state index in [0.29, 0.717) is 54.2 Å². The van der Waals surface area contributed by atoms with E-state index in [-0.39, 0.29) is 35.2 Å². The van der Waals surface area contributed by atoms with Gasteiger partial charge >= 0.3 is 17.3 Å². The van der Waals surface area contributed by atoms with E-state index in [1.807, 2.05) is 0 Å². The van der Waals surface area contributed by atoms with Gasteiger partial charge < -0.3 is 5.11 Å². The van der Waals surface area contributed by atoms with E-state index in [1.165, 1.54) is 80.3 Å². The molecule has 0 saturated heterocycles. The molecule has 4 aromatic carbocycles. The number of aryl methyl sites for hydroxylation is 2. The summed E-state index contributed by atoms with van der Waals surface area (Å²) in [6, 6.07) is 27.7. The lowest BCUT2D eigenvalue weighted by molar-refractivity contribution is 0.0696. The van der Waals surface area contributed by atoms with Crippen LogP contribution in [0.2, 0.25) is 0 Å². The largest absolute Gasteiger partial charge is 0.478 e. The normalized spacial score (nSPS) is 11.0. The molecule has 0 fully saturated rings. The molecule has 65 heavy (non-hydrogen) atoms. The van der Waals surface area contributed by atoms with Gasteiger partial charge in [0.2, 0.25) is 0 Å². The zero-order valence-corrected chi connectivity index (χ0v) is 37.2. The van der Waals surface area contributed by atoms with Gasteiger partial charge in [-0.1, -0.05) is 72.2 Å². The Morgan fingerprint density at radius 3 is 1.34 bits per heavy atom. The van der Waals surface area contributed by atoms with Crippen LogP contribution in [-0.4, -0.2) is 44.0 Å². The van der Waals surface area contributed by atoms with Crippen LogP contribution in [0.25, 0.3) is 20.4 Å². The van der Waals surface area contributed by atoms with Gasteiger partial charge in [-0.2, -0.15) is 0 Å². The van der Waals surface area contributed by atoms with Crippen LogP contribution in [0.4, 0.5) is 8.78 Å². The number of aromatic carboxylic acids is 1. The number of halogens is 2. The molecule has 0 saturated carbocycles. The van der Waals surface area contributed by atoms with E-state index in [0.717, 1.165) is 26.5 Å². The quantitative estimate of drug-likeness (QED) is 0.177. The van der Waals surface area contributed by atoms with Crippen LogP contribution in [0.1, 0.15) is 42.4 Å². The minimum Gasteiger partial charge on any atom is -0.478 e. The number of sulfone groups is 1. The van der Waals surface area contributed by atoms with Crippen LogP contribution >= 0.6 is 22.7 Å². The summed E-state index contributed by atoms with van der Waals surface area (Å²) in [6.07, 6.45) is 1.98. The van der Waals surface area contributed by atoms with Crippen molar-refractivity contribution in [1.82, 2.24) is 18.3 Å². The first-order valence-corrected chi connectivity index (χ1v) is 23.0. The lowest BCUT2D eigenvalue weighted by Crippen LogP contribution is -2.38. The number of hydrogen-bond acceptors (Lipinski definition) is 9. The third-order valence-electron chi connectivity index (χ3n) is 10.1. The Morgan fingerprint density at radius 2 is 0.969 bits per heavy atom. The predicted octanol–water partition coefficient (Wildman–Crippen LogP) is 6.19. The highest BCUT2D eigenvalue weighted by Gasteiger charge is 2.17. The number of thiophene rings is 2. The van der Waals surface area contributed by atoms with Crippen LogP contribution in [0, 0.1) is 35.3 Å². The van der Waals surface area contributed by atoms with Crippen LogP contribution in [0.5, 0.6) is 0 Å². The van der Waals surface area contributed by atoms with E-state index in [1.54, 1.807) is 74.8 Å². The molecule has 0 spiro atoms. The second kappa shape index (κ2) is 19.1. The lowest BCUT2D eigenvalue weighted by atomic mass is 10.1. The number of nitrogens with zero attached hydrogens (tertiary/aromatic N) is 4. The van der Waals surface area contributed by atoms with Gasteiger partial charge in [0.1, 0.15) is 21.3 Å². The molecule has 0 aliphatic heterocycles. The van der Waals surface area contributed by atoms with Gasteiger partial charge in [0.05, 0.1) is 44.1 Å². The Morgan fingerprint density at radius 1 is 0.600 bits per heavy atom. The van der Waals surface area contributed by atoms with Gasteiger partial charge in [-0.05, 0) is 82.9 Å². The molecule has 0 aliphatic carbocycles. The van der Waals surface area contributed by atoms with E-state index in [4.69, 9.17) is 5.11 Å². The van der Waals surface area contributed by atoms with Crippen LogP contribution in [0.3, 0.4) is 0 Å². The Kier molecular flexibility index (Phi) is 13.4. The van der Waals surface area contributed by atoms with Crippen molar-refractivity contribution >= 4 is 58.9 Å². The molecule has 0 radical (unpaired) electrons. The number of carboxylic acid groups (broad SMARTS) is 1. The minimum absolute atomic E-state index is 0.0207. The fraction of sp³-hybridized carbons (Fsp3) is 0.146. The first-order chi connectivity index (χ1) is 31.0. The second-order valence-corrected chi connectivity index (χ2v) is 18.8. The van der Waals surface area contributed by atoms with Crippen LogP contribution in [-0.2, 0) is 49.9 Å². The van der Waals surface area contributed by atoms with Gasteiger partial charge in [-0.3, -0.25) is 27.9 Å². The molecule has 0 bridgehead atoms. The smallest absolute Gasteiger partial charge is 0.335 e. The zero-order valence-electron chi connectivity index (χ0n) is 34.8. The summed E-state index contributed by atoms with van der Waals surface area (Å²) >= 11 is 2.52. The molecule has 0 aliphatic rings. The SMILES string of the molecule is Cn1c(=O)n(Cc2ccc(C(=O)O)cc2)c(=O)c2cc(C#CCc3ccc(F)cc3)sc21.Cn1c(=O)n(Cc2ccc(S(C)(=O)=O)cc2)c(=O)c2cc(C#CCc3ccc(F)cc3)sc21. The zero-order chi connectivity index (χ0) is 46.6. The topological polar surface area (TPSA) is 159 Å². The fourth-order valence-corrected chi connectivity index (χ4v) is 9.19. The third kappa shape index (κ3) is 10.5. The van der Waals surface area contributed by atoms with Crippen molar-refractivity contribution in [2.24, 2.45) is 14.1 Å². The van der Waals surface area contributed by atoms with E-state index < -0.39 is 38.3 Å². The Labute approximate surface area is 377 Å². The maximum absolute atomic E-state index is 13.0. The number of carbonyl (C=O) groups is 1. The van der Waals surface area contributed by atoms with Gasteiger partial charge in [-0.25, -0.2) is 31.6 Å². The van der Waals surface area contributed by atoms with Crippen LogP contribution in [0.15, 0.2) is 133 Å². The van der Waals surface area contributed by atoms with Crippen molar-refractivity contribution in [3.05, 3.63) is 200 Å². The highest BCUT2D eigenvalue weighted by atomic mass is 32.2. The fourth-order valence-electron chi connectivity index (χ4n) is 6.60. The van der Waals surface area contributed by atoms with E-state index in [2.05, 4.69) is 23.7 Å². The first kappa shape index (κ1) is 45.6. The molecule has 8 rings (SSSR count). The molecular weight excluding hydrogens is 895 g/mol. The summed E-state index contributed by atoms with van der Waals surface area (Å²) in [6.45, 7) is 0.0513. The standard InChI is InChI=1S/C24H19FN2O4S2.C24H17FN2O4S/c1-26-23-21(14-19(32-23)5-3-4-16-6-10-18(25)11-7-16)22(28)27(24(26)29)15-17-8-12-20(13-9-17)33(2,30)31;1-26-22-20(13-19(32-22)4-2-3-15-7-11-18(25)12-8-15)21(28)27(24(26)31)14-16-5-9-17(10-6-16)23(29)30/h6-14H,4,15H2,1-2H3;5-13H,3,14H2,1H3,(H,29,30). The summed E-state index contributed by atoms with van der Waals surface area (Å²) in [7, 11) is -0.137. The van der Waals surface area contributed by atoms with Crippen molar-refractivity contribution in [2.45, 2.75) is 30.8 Å². The molecule has 0 amide bonds. The molecule has 0 unspecified atom stereocenters. The maximum Gasteiger partial charge on any atom is 0.335 e. The predicted molar refractivity (Wildman–Crippen MR) is 248 cm³/mol. The van der Waals surface area contributed by atoms with Gasteiger partial charge in [0.15, 0.2) is 9.84 Å². The number of rotatable bonds is 8. The number of aromatic nitrogens is 4. The van der Waals surface area contributed by atoms with Crippen molar-refractivity contribution in [1.29, 1.82) is 0 Å². The van der Waals surface area contributed by atoms with Crippen molar-refractivity contribution in [3.8, 4) is 23.7 Å². The van der Waals surface area contributed by atoms with E-state index >= 15 is 0 Å². The summed E-state index contributed by atoms with van der Waals surface area (Å²) < 4.78 is 54.4. The Hall–Kier alpha value is -7.44. The van der Waals surface area contributed by atoms with Gasteiger partial charge in [0.25, 0.3) is 11.1 Å². The highest BCUT2D eigenvalue weighted by Crippen LogP contribution is 2.22. The molecule has 1 N–H and O–H groups in total. The third-order valence-corrected chi connectivity index (χ3v) is 13.5. The molecule has 4 heterocycles. The van der Waals surface area contributed by atoms with Crippen molar-refractivity contribution < 1.29 is 27.1 Å². The minimum atomic E-state index is -3.33. The number of fused-ring (bicyclic) bond motifs is 2. The number of benzene rings is 4. The summed E-state index contributed by atoms with van der Waals surface area (Å²) in [5.41, 5.74) is 1.39. The Balaban J connectivity index is 0.000000194. The average molecular weight is 931 g/mol. The van der Waals surface area contributed by atoms with Gasteiger partial charge in [0, 0.05) is 33.2 Å².